The van der Waals surface area contributed by atoms with Gasteiger partial charge in [-0.25, -0.2) is 9.78 Å². The normalized spacial score (nSPS) is 11.0. The van der Waals surface area contributed by atoms with Crippen molar-refractivity contribution >= 4 is 11.6 Å². The minimum atomic E-state index is -0.298. The van der Waals surface area contributed by atoms with Gasteiger partial charge in [-0.3, -0.25) is 13.8 Å². The number of hydrogen-bond acceptors (Lipinski definition) is 4. The maximum atomic E-state index is 12.6. The Morgan fingerprint density at radius 3 is 2.64 bits per heavy atom. The Bertz CT molecular complexity index is 1020. The summed E-state index contributed by atoms with van der Waals surface area (Å²) in [4.78, 5) is 32.9. The van der Waals surface area contributed by atoms with Gasteiger partial charge in [0.05, 0.1) is 5.69 Å². The van der Waals surface area contributed by atoms with Gasteiger partial charge in [0.25, 0.3) is 5.91 Å². The SMILES string of the molecule is Cc1ccc2nc(C)c(C(=O)NCCn3c(C)cc(C)nc3=O)n2c1. The van der Waals surface area contributed by atoms with Crippen LogP contribution in [0.2, 0.25) is 0 Å². The Hall–Kier alpha value is -2.96. The summed E-state index contributed by atoms with van der Waals surface area (Å²) in [6.45, 7) is 8.14. The van der Waals surface area contributed by atoms with Crippen molar-refractivity contribution < 1.29 is 4.79 Å². The molecule has 0 aliphatic rings. The molecule has 3 rings (SSSR count). The summed E-state index contributed by atoms with van der Waals surface area (Å²) in [6, 6.07) is 5.70. The van der Waals surface area contributed by atoms with E-state index in [4.69, 9.17) is 0 Å². The number of aryl methyl sites for hydroxylation is 4. The molecule has 3 aromatic heterocycles. The molecule has 3 aromatic rings. The highest BCUT2D eigenvalue weighted by atomic mass is 16.2. The van der Waals surface area contributed by atoms with Crippen LogP contribution in [0.15, 0.2) is 29.2 Å². The van der Waals surface area contributed by atoms with Crippen LogP contribution in [0.3, 0.4) is 0 Å². The van der Waals surface area contributed by atoms with E-state index in [0.717, 1.165) is 16.9 Å². The topological polar surface area (TPSA) is 81.3 Å². The lowest BCUT2D eigenvalue weighted by atomic mass is 10.3. The molecule has 0 radical (unpaired) electrons. The Morgan fingerprint density at radius 1 is 1.16 bits per heavy atom. The molecule has 130 valence electrons. The summed E-state index contributed by atoms with van der Waals surface area (Å²) < 4.78 is 3.35. The maximum absolute atomic E-state index is 12.6. The van der Waals surface area contributed by atoms with E-state index in [2.05, 4.69) is 15.3 Å². The second-order valence-corrected chi connectivity index (χ2v) is 6.21. The van der Waals surface area contributed by atoms with Crippen LogP contribution in [0.1, 0.15) is 33.1 Å². The van der Waals surface area contributed by atoms with Gasteiger partial charge in [-0.1, -0.05) is 6.07 Å². The zero-order valence-corrected chi connectivity index (χ0v) is 14.8. The quantitative estimate of drug-likeness (QED) is 0.782. The van der Waals surface area contributed by atoms with Crippen LogP contribution in [0.4, 0.5) is 0 Å². The number of hydrogen-bond donors (Lipinski definition) is 1. The molecule has 0 bridgehead atoms. The molecule has 0 atom stereocenters. The molecule has 0 aromatic carbocycles. The summed E-state index contributed by atoms with van der Waals surface area (Å²) in [7, 11) is 0. The van der Waals surface area contributed by atoms with Gasteiger partial charge in [-0.05, 0) is 45.4 Å². The molecule has 0 spiro atoms. The van der Waals surface area contributed by atoms with Gasteiger partial charge < -0.3 is 5.32 Å². The highest BCUT2D eigenvalue weighted by Crippen LogP contribution is 2.13. The summed E-state index contributed by atoms with van der Waals surface area (Å²) in [5, 5.41) is 2.87. The second kappa shape index (κ2) is 6.51. The number of imidazole rings is 1. The van der Waals surface area contributed by atoms with Gasteiger partial charge in [0, 0.05) is 30.7 Å². The van der Waals surface area contributed by atoms with Gasteiger partial charge in [-0.2, -0.15) is 4.98 Å². The fourth-order valence-corrected chi connectivity index (χ4v) is 2.95. The summed E-state index contributed by atoms with van der Waals surface area (Å²) >= 11 is 0. The fourth-order valence-electron chi connectivity index (χ4n) is 2.95. The summed E-state index contributed by atoms with van der Waals surface area (Å²) in [5.41, 5.74) is 4.20. The highest BCUT2D eigenvalue weighted by molar-refractivity contribution is 5.94. The molecule has 0 aliphatic carbocycles. The molecule has 0 fully saturated rings. The standard InChI is InChI=1S/C18H21N5O2/c1-11-5-6-15-21-14(4)16(23(15)10-11)17(24)19-7-8-22-13(3)9-12(2)20-18(22)25/h5-6,9-10H,7-8H2,1-4H3,(H,19,24). The van der Waals surface area contributed by atoms with E-state index in [-0.39, 0.29) is 11.6 Å². The van der Waals surface area contributed by atoms with E-state index < -0.39 is 0 Å². The Balaban J connectivity index is 1.77. The van der Waals surface area contributed by atoms with Gasteiger partial charge in [0.15, 0.2) is 0 Å². The van der Waals surface area contributed by atoms with E-state index in [1.807, 2.05) is 45.2 Å². The van der Waals surface area contributed by atoms with Gasteiger partial charge in [0.1, 0.15) is 11.3 Å². The third kappa shape index (κ3) is 3.31. The number of nitrogens with one attached hydrogen (secondary N) is 1. The van der Waals surface area contributed by atoms with E-state index in [1.54, 1.807) is 15.9 Å². The first-order valence-electron chi connectivity index (χ1n) is 8.15. The number of carbonyl (C=O) groups is 1. The fraction of sp³-hybridized carbons (Fsp3) is 0.333. The van der Waals surface area contributed by atoms with Crippen molar-refractivity contribution in [3.05, 3.63) is 63.2 Å². The summed E-state index contributed by atoms with van der Waals surface area (Å²) in [5.74, 6) is -0.207. The highest BCUT2D eigenvalue weighted by Gasteiger charge is 2.16. The van der Waals surface area contributed by atoms with Gasteiger partial charge in [-0.15, -0.1) is 0 Å². The molecule has 0 unspecified atom stereocenters. The first kappa shape index (κ1) is 16.9. The first-order valence-corrected chi connectivity index (χ1v) is 8.15. The Morgan fingerprint density at radius 2 is 1.92 bits per heavy atom. The van der Waals surface area contributed by atoms with Crippen molar-refractivity contribution in [3.8, 4) is 0 Å². The van der Waals surface area contributed by atoms with E-state index in [1.165, 1.54) is 0 Å². The van der Waals surface area contributed by atoms with Crippen molar-refractivity contribution in [2.24, 2.45) is 0 Å². The lowest BCUT2D eigenvalue weighted by molar-refractivity contribution is 0.0945. The molecule has 25 heavy (non-hydrogen) atoms. The molecule has 7 heteroatoms. The molecule has 7 nitrogen and oxygen atoms in total. The first-order chi connectivity index (χ1) is 11.9. The van der Waals surface area contributed by atoms with Gasteiger partial charge >= 0.3 is 5.69 Å². The zero-order valence-electron chi connectivity index (χ0n) is 14.8. The van der Waals surface area contributed by atoms with Crippen molar-refractivity contribution in [1.29, 1.82) is 0 Å². The number of aromatic nitrogens is 4. The Kier molecular flexibility index (Phi) is 4.39. The van der Waals surface area contributed by atoms with Crippen LogP contribution in [0.25, 0.3) is 5.65 Å². The second-order valence-electron chi connectivity index (χ2n) is 6.21. The number of pyridine rings is 1. The maximum Gasteiger partial charge on any atom is 0.348 e. The molecule has 1 amide bonds. The molecule has 1 N–H and O–H groups in total. The zero-order chi connectivity index (χ0) is 18.1. The van der Waals surface area contributed by atoms with Crippen LogP contribution in [-0.4, -0.2) is 31.4 Å². The van der Waals surface area contributed by atoms with Crippen molar-refractivity contribution in [1.82, 2.24) is 24.3 Å². The van der Waals surface area contributed by atoms with Crippen LogP contribution >= 0.6 is 0 Å². The van der Waals surface area contributed by atoms with E-state index in [9.17, 15) is 9.59 Å². The average Bonchev–Trinajstić information content (AvgIpc) is 2.84. The molecule has 0 saturated carbocycles. The van der Waals surface area contributed by atoms with Crippen molar-refractivity contribution in [3.63, 3.8) is 0 Å². The van der Waals surface area contributed by atoms with E-state index >= 15 is 0 Å². The minimum Gasteiger partial charge on any atom is -0.349 e. The van der Waals surface area contributed by atoms with Gasteiger partial charge in [0.2, 0.25) is 0 Å². The molecule has 0 saturated heterocycles. The minimum absolute atomic E-state index is 0.207. The number of nitrogens with zero attached hydrogens (tertiary/aromatic N) is 4. The van der Waals surface area contributed by atoms with Crippen LogP contribution < -0.4 is 11.0 Å². The lowest BCUT2D eigenvalue weighted by Crippen LogP contribution is -2.33. The van der Waals surface area contributed by atoms with Crippen LogP contribution in [0, 0.1) is 27.7 Å². The largest absolute Gasteiger partial charge is 0.349 e. The molecular formula is C18H21N5O2. The predicted molar refractivity (Wildman–Crippen MR) is 95.0 cm³/mol. The number of carbonyl (C=O) groups excluding carboxylic acids is 1. The monoisotopic (exact) mass is 339 g/mol. The number of amides is 1. The number of rotatable bonds is 4. The molecule has 3 heterocycles. The number of fused-ring (bicyclic) bond motifs is 1. The third-order valence-electron chi connectivity index (χ3n) is 4.12. The van der Waals surface area contributed by atoms with Crippen molar-refractivity contribution in [2.75, 3.05) is 6.54 Å². The predicted octanol–water partition coefficient (Wildman–Crippen LogP) is 1.55. The molecule has 0 aliphatic heterocycles. The summed E-state index contributed by atoms with van der Waals surface area (Å²) in [6.07, 6.45) is 1.89. The molecular weight excluding hydrogens is 318 g/mol. The van der Waals surface area contributed by atoms with Crippen molar-refractivity contribution in [2.45, 2.75) is 34.2 Å². The Labute approximate surface area is 145 Å². The lowest BCUT2D eigenvalue weighted by Gasteiger charge is -2.11. The average molecular weight is 339 g/mol. The van der Waals surface area contributed by atoms with E-state index in [0.29, 0.717) is 30.2 Å². The van der Waals surface area contributed by atoms with Crippen LogP contribution in [0.5, 0.6) is 0 Å². The smallest absolute Gasteiger partial charge is 0.348 e. The third-order valence-corrected chi connectivity index (χ3v) is 4.12. The van der Waals surface area contributed by atoms with Crippen LogP contribution in [-0.2, 0) is 6.54 Å².